The third kappa shape index (κ3) is 4.06. The number of methoxy groups -OCH3 is 1. The van der Waals surface area contributed by atoms with Crippen molar-refractivity contribution in [3.05, 3.63) is 10.7 Å². The molecule has 1 aromatic rings. The zero-order valence-electron chi connectivity index (χ0n) is 11.7. The van der Waals surface area contributed by atoms with Crippen molar-refractivity contribution in [3.8, 4) is 5.88 Å². The number of ether oxygens (including phenoxy) is 1. The van der Waals surface area contributed by atoms with Gasteiger partial charge in [-0.25, -0.2) is 4.98 Å². The summed E-state index contributed by atoms with van der Waals surface area (Å²) in [6.45, 7) is 3.26. The summed E-state index contributed by atoms with van der Waals surface area (Å²) in [4.78, 5) is 8.57. The summed E-state index contributed by atoms with van der Waals surface area (Å²) in [5, 5.41) is 3.33. The summed E-state index contributed by atoms with van der Waals surface area (Å²) in [5.41, 5.74) is 0. The van der Waals surface area contributed by atoms with Gasteiger partial charge in [0.25, 0.3) is 0 Å². The van der Waals surface area contributed by atoms with Crippen molar-refractivity contribution >= 4 is 21.9 Å². The number of halogens is 1. The van der Waals surface area contributed by atoms with Gasteiger partial charge in [0, 0.05) is 6.54 Å². The monoisotopic (exact) mass is 327 g/mol. The third-order valence-electron chi connectivity index (χ3n) is 4.00. The van der Waals surface area contributed by atoms with Gasteiger partial charge in [0.05, 0.1) is 17.8 Å². The molecule has 0 saturated heterocycles. The molecule has 5 heteroatoms. The molecule has 1 aliphatic rings. The molecule has 0 aliphatic heterocycles. The first kappa shape index (κ1) is 14.6. The number of hydrogen-bond donors (Lipinski definition) is 1. The first-order valence-corrected chi connectivity index (χ1v) is 7.82. The maximum atomic E-state index is 5.17. The molecule has 1 fully saturated rings. The average Bonchev–Trinajstić information content (AvgIpc) is 2.47. The SMILES string of the molecule is CCC1CCC(CNc2ncc(Br)c(OC)n2)CC1. The normalized spacial score (nSPS) is 23.1. The molecule has 106 valence electrons. The van der Waals surface area contributed by atoms with Gasteiger partial charge in [-0.05, 0) is 40.6 Å². The Bertz CT molecular complexity index is 406. The summed E-state index contributed by atoms with van der Waals surface area (Å²) in [7, 11) is 1.61. The molecule has 0 aromatic carbocycles. The Morgan fingerprint density at radius 1 is 1.32 bits per heavy atom. The molecule has 0 amide bonds. The highest BCUT2D eigenvalue weighted by Gasteiger charge is 2.20. The molecule has 0 unspecified atom stereocenters. The van der Waals surface area contributed by atoms with E-state index in [2.05, 4.69) is 38.1 Å². The minimum absolute atomic E-state index is 0.576. The minimum atomic E-state index is 0.576. The quantitative estimate of drug-likeness (QED) is 0.891. The zero-order valence-corrected chi connectivity index (χ0v) is 13.2. The van der Waals surface area contributed by atoms with Gasteiger partial charge in [0.15, 0.2) is 0 Å². The molecule has 1 saturated carbocycles. The van der Waals surface area contributed by atoms with Gasteiger partial charge in [0.2, 0.25) is 11.8 Å². The van der Waals surface area contributed by atoms with Crippen LogP contribution >= 0.6 is 15.9 Å². The fraction of sp³-hybridized carbons (Fsp3) is 0.714. The third-order valence-corrected chi connectivity index (χ3v) is 4.54. The molecular formula is C14H22BrN3O. The molecule has 0 spiro atoms. The van der Waals surface area contributed by atoms with Gasteiger partial charge in [-0.15, -0.1) is 0 Å². The van der Waals surface area contributed by atoms with E-state index in [-0.39, 0.29) is 0 Å². The minimum Gasteiger partial charge on any atom is -0.480 e. The van der Waals surface area contributed by atoms with Crippen molar-refractivity contribution in [2.45, 2.75) is 39.0 Å². The van der Waals surface area contributed by atoms with Gasteiger partial charge < -0.3 is 10.1 Å². The van der Waals surface area contributed by atoms with Crippen LogP contribution in [0, 0.1) is 11.8 Å². The molecule has 4 nitrogen and oxygen atoms in total. The molecule has 1 N–H and O–H groups in total. The summed E-state index contributed by atoms with van der Waals surface area (Å²) in [5.74, 6) is 2.92. The number of rotatable bonds is 5. The van der Waals surface area contributed by atoms with Crippen LogP contribution in [-0.2, 0) is 0 Å². The fourth-order valence-electron chi connectivity index (χ4n) is 2.66. The Morgan fingerprint density at radius 3 is 2.63 bits per heavy atom. The number of nitrogens with one attached hydrogen (secondary N) is 1. The predicted molar refractivity (Wildman–Crippen MR) is 80.5 cm³/mol. The topological polar surface area (TPSA) is 47.0 Å². The van der Waals surface area contributed by atoms with Gasteiger partial charge >= 0.3 is 0 Å². The van der Waals surface area contributed by atoms with Crippen LogP contribution in [0.2, 0.25) is 0 Å². The highest BCUT2D eigenvalue weighted by atomic mass is 79.9. The molecule has 19 heavy (non-hydrogen) atoms. The maximum Gasteiger partial charge on any atom is 0.232 e. The van der Waals surface area contributed by atoms with E-state index < -0.39 is 0 Å². The number of nitrogens with zero attached hydrogens (tertiary/aromatic N) is 2. The molecule has 0 atom stereocenters. The van der Waals surface area contributed by atoms with Crippen LogP contribution in [0.25, 0.3) is 0 Å². The average molecular weight is 328 g/mol. The predicted octanol–water partition coefficient (Wildman–Crippen LogP) is 3.88. The second-order valence-corrected chi connectivity index (χ2v) is 6.08. The van der Waals surface area contributed by atoms with Crippen molar-refractivity contribution in [1.29, 1.82) is 0 Å². The lowest BCUT2D eigenvalue weighted by molar-refractivity contribution is 0.278. The second kappa shape index (κ2) is 7.08. The number of anilines is 1. The summed E-state index contributed by atoms with van der Waals surface area (Å²) < 4.78 is 5.95. The van der Waals surface area contributed by atoms with Gasteiger partial charge in [-0.2, -0.15) is 4.98 Å². The molecular weight excluding hydrogens is 306 g/mol. The van der Waals surface area contributed by atoms with Gasteiger partial charge in [-0.1, -0.05) is 26.2 Å². The lowest BCUT2D eigenvalue weighted by Gasteiger charge is -2.27. The zero-order chi connectivity index (χ0) is 13.7. The molecule has 1 aromatic heterocycles. The highest BCUT2D eigenvalue weighted by molar-refractivity contribution is 9.10. The van der Waals surface area contributed by atoms with Crippen LogP contribution in [0.15, 0.2) is 10.7 Å². The standard InChI is InChI=1S/C14H22BrN3O/c1-3-10-4-6-11(7-5-10)8-16-14-17-9-12(15)13(18-14)19-2/h9-11H,3-8H2,1-2H3,(H,16,17,18). The molecule has 0 radical (unpaired) electrons. The van der Waals surface area contributed by atoms with Gasteiger partial charge in [-0.3, -0.25) is 0 Å². The largest absolute Gasteiger partial charge is 0.480 e. The van der Waals surface area contributed by atoms with Crippen molar-refractivity contribution in [2.75, 3.05) is 19.0 Å². The van der Waals surface area contributed by atoms with Crippen LogP contribution in [0.1, 0.15) is 39.0 Å². The van der Waals surface area contributed by atoms with Crippen LogP contribution in [0.5, 0.6) is 5.88 Å². The highest BCUT2D eigenvalue weighted by Crippen LogP contribution is 2.30. The van der Waals surface area contributed by atoms with Crippen molar-refractivity contribution < 1.29 is 4.74 Å². The van der Waals surface area contributed by atoms with Crippen LogP contribution in [-0.4, -0.2) is 23.6 Å². The molecule has 1 heterocycles. The van der Waals surface area contributed by atoms with E-state index >= 15 is 0 Å². The molecule has 2 rings (SSSR count). The van der Waals surface area contributed by atoms with E-state index in [0.29, 0.717) is 11.8 Å². The Labute approximate surface area is 123 Å². The summed E-state index contributed by atoms with van der Waals surface area (Å²) in [6, 6.07) is 0. The Balaban J connectivity index is 1.82. The van der Waals surface area contributed by atoms with Crippen molar-refractivity contribution in [2.24, 2.45) is 11.8 Å². The molecule has 1 aliphatic carbocycles. The summed E-state index contributed by atoms with van der Waals surface area (Å²) in [6.07, 6.45) is 8.42. The Hall–Kier alpha value is -0.840. The van der Waals surface area contributed by atoms with E-state index in [4.69, 9.17) is 4.74 Å². The maximum absolute atomic E-state index is 5.17. The van der Waals surface area contributed by atoms with Crippen molar-refractivity contribution in [3.63, 3.8) is 0 Å². The first-order chi connectivity index (χ1) is 9.22. The second-order valence-electron chi connectivity index (χ2n) is 5.23. The first-order valence-electron chi connectivity index (χ1n) is 7.03. The lowest BCUT2D eigenvalue weighted by atomic mass is 9.81. The number of hydrogen-bond acceptors (Lipinski definition) is 4. The van der Waals surface area contributed by atoms with E-state index in [1.54, 1.807) is 13.3 Å². The van der Waals surface area contributed by atoms with Crippen LogP contribution < -0.4 is 10.1 Å². The smallest absolute Gasteiger partial charge is 0.232 e. The van der Waals surface area contributed by atoms with E-state index in [9.17, 15) is 0 Å². The van der Waals surface area contributed by atoms with E-state index in [1.165, 1.54) is 32.1 Å². The van der Waals surface area contributed by atoms with Crippen molar-refractivity contribution in [1.82, 2.24) is 9.97 Å². The summed E-state index contributed by atoms with van der Waals surface area (Å²) >= 11 is 3.36. The lowest BCUT2D eigenvalue weighted by Crippen LogP contribution is -2.21. The Morgan fingerprint density at radius 2 is 2.00 bits per heavy atom. The van der Waals surface area contributed by atoms with Crippen LogP contribution in [0.4, 0.5) is 5.95 Å². The van der Waals surface area contributed by atoms with E-state index in [1.807, 2.05) is 0 Å². The molecule has 0 bridgehead atoms. The van der Waals surface area contributed by atoms with Gasteiger partial charge in [0.1, 0.15) is 0 Å². The fourth-order valence-corrected chi connectivity index (χ4v) is 3.01. The Kier molecular flexibility index (Phi) is 5.43. The number of aromatic nitrogens is 2. The van der Waals surface area contributed by atoms with Crippen LogP contribution in [0.3, 0.4) is 0 Å². The van der Waals surface area contributed by atoms with E-state index in [0.717, 1.165) is 22.9 Å².